The number of amides is 1. The number of nitrogens with one attached hydrogen (secondary N) is 2. The molecule has 2 N–H and O–H groups in total. The Kier molecular flexibility index (Phi) is 5.41. The number of rotatable bonds is 5. The number of hydrogen-bond donors (Lipinski definition) is 2. The van der Waals surface area contributed by atoms with E-state index in [0.717, 1.165) is 50.1 Å². The number of nitrogens with zero attached hydrogens (tertiary/aromatic N) is 1. The van der Waals surface area contributed by atoms with Crippen molar-refractivity contribution in [2.75, 3.05) is 31.6 Å². The van der Waals surface area contributed by atoms with E-state index in [1.54, 1.807) is 0 Å². The van der Waals surface area contributed by atoms with E-state index in [1.165, 1.54) is 0 Å². The molecule has 1 fully saturated rings. The summed E-state index contributed by atoms with van der Waals surface area (Å²) in [4.78, 5) is 14.4. The number of anilines is 1. The van der Waals surface area contributed by atoms with E-state index < -0.39 is 0 Å². The predicted molar refractivity (Wildman–Crippen MR) is 83.4 cm³/mol. The minimum absolute atomic E-state index is 0.0309. The summed E-state index contributed by atoms with van der Waals surface area (Å²) in [6, 6.07) is 8.12. The third-order valence-corrected chi connectivity index (χ3v) is 3.76. The highest BCUT2D eigenvalue weighted by molar-refractivity contribution is 5.94. The van der Waals surface area contributed by atoms with Crippen LogP contribution in [0, 0.1) is 0 Å². The number of benzene rings is 1. The Hall–Kier alpha value is -1.55. The monoisotopic (exact) mass is 275 g/mol. The summed E-state index contributed by atoms with van der Waals surface area (Å²) in [5.74, 6) is 0.0309. The topological polar surface area (TPSA) is 44.4 Å². The van der Waals surface area contributed by atoms with Gasteiger partial charge in [0, 0.05) is 37.4 Å². The van der Waals surface area contributed by atoms with Crippen LogP contribution in [0.25, 0.3) is 0 Å². The maximum atomic E-state index is 12.2. The molecule has 0 radical (unpaired) electrons. The molecule has 4 heteroatoms. The van der Waals surface area contributed by atoms with Gasteiger partial charge in [0.1, 0.15) is 0 Å². The first-order valence-electron chi connectivity index (χ1n) is 7.53. The molecule has 1 aromatic rings. The normalized spacial score (nSPS) is 18.6. The van der Waals surface area contributed by atoms with Crippen molar-refractivity contribution in [1.29, 1.82) is 0 Å². The molecule has 1 aliphatic heterocycles. The van der Waals surface area contributed by atoms with Gasteiger partial charge < -0.3 is 15.5 Å². The van der Waals surface area contributed by atoms with Gasteiger partial charge in [-0.25, -0.2) is 0 Å². The standard InChI is InChI=1S/C16H25N3O/c1-3-11-19(2)15-8-6-13(7-9-15)16(20)18-14-5-4-10-17-12-14/h6-9,14,17H,3-5,10-12H2,1-2H3,(H,18,20). The molecular weight excluding hydrogens is 250 g/mol. The van der Waals surface area contributed by atoms with Crippen molar-refractivity contribution in [2.45, 2.75) is 32.2 Å². The zero-order valence-corrected chi connectivity index (χ0v) is 12.5. The van der Waals surface area contributed by atoms with Gasteiger partial charge in [0.25, 0.3) is 5.91 Å². The van der Waals surface area contributed by atoms with Crippen molar-refractivity contribution in [3.63, 3.8) is 0 Å². The molecular formula is C16H25N3O. The quantitative estimate of drug-likeness (QED) is 0.864. The molecule has 0 bridgehead atoms. The zero-order valence-electron chi connectivity index (χ0n) is 12.5. The van der Waals surface area contributed by atoms with E-state index in [1.807, 2.05) is 24.3 Å². The molecule has 1 aliphatic rings. The van der Waals surface area contributed by atoms with Crippen molar-refractivity contribution in [3.05, 3.63) is 29.8 Å². The van der Waals surface area contributed by atoms with Crippen LogP contribution in [0.2, 0.25) is 0 Å². The van der Waals surface area contributed by atoms with Crippen LogP contribution < -0.4 is 15.5 Å². The van der Waals surface area contributed by atoms with Gasteiger partial charge >= 0.3 is 0 Å². The lowest BCUT2D eigenvalue weighted by Crippen LogP contribution is -2.45. The van der Waals surface area contributed by atoms with E-state index in [9.17, 15) is 4.79 Å². The second kappa shape index (κ2) is 7.29. The van der Waals surface area contributed by atoms with Gasteiger partial charge in [0.05, 0.1) is 0 Å². The first-order chi connectivity index (χ1) is 9.70. The predicted octanol–water partition coefficient (Wildman–Crippen LogP) is 2.01. The molecule has 1 amide bonds. The smallest absolute Gasteiger partial charge is 0.251 e. The molecule has 4 nitrogen and oxygen atoms in total. The van der Waals surface area contributed by atoms with E-state index in [0.29, 0.717) is 0 Å². The summed E-state index contributed by atoms with van der Waals surface area (Å²) in [6.07, 6.45) is 3.31. The average molecular weight is 275 g/mol. The molecule has 0 spiro atoms. The summed E-state index contributed by atoms with van der Waals surface area (Å²) in [5.41, 5.74) is 1.90. The van der Waals surface area contributed by atoms with Gasteiger partial charge in [-0.2, -0.15) is 0 Å². The Morgan fingerprint density at radius 3 is 2.75 bits per heavy atom. The van der Waals surface area contributed by atoms with Crippen LogP contribution in [0.3, 0.4) is 0 Å². The lowest BCUT2D eigenvalue weighted by Gasteiger charge is -2.24. The molecule has 0 saturated carbocycles. The highest BCUT2D eigenvalue weighted by atomic mass is 16.1. The fourth-order valence-corrected chi connectivity index (χ4v) is 2.58. The Bertz CT molecular complexity index is 424. The number of carbonyl (C=O) groups excluding carboxylic acids is 1. The highest BCUT2D eigenvalue weighted by Crippen LogP contribution is 2.14. The van der Waals surface area contributed by atoms with Crippen LogP contribution in [0.15, 0.2) is 24.3 Å². The van der Waals surface area contributed by atoms with Crippen LogP contribution in [-0.4, -0.2) is 38.6 Å². The first-order valence-corrected chi connectivity index (χ1v) is 7.53. The van der Waals surface area contributed by atoms with Gasteiger partial charge in [0.2, 0.25) is 0 Å². The molecule has 0 aliphatic carbocycles. The summed E-state index contributed by atoms with van der Waals surface area (Å²) in [6.45, 7) is 5.13. The van der Waals surface area contributed by atoms with Crippen LogP contribution in [0.1, 0.15) is 36.5 Å². The third-order valence-electron chi connectivity index (χ3n) is 3.76. The fraction of sp³-hybridized carbons (Fsp3) is 0.562. The molecule has 20 heavy (non-hydrogen) atoms. The fourth-order valence-electron chi connectivity index (χ4n) is 2.58. The average Bonchev–Trinajstić information content (AvgIpc) is 2.48. The molecule has 1 heterocycles. The maximum absolute atomic E-state index is 12.2. The second-order valence-electron chi connectivity index (χ2n) is 5.49. The van der Waals surface area contributed by atoms with E-state index in [2.05, 4.69) is 29.5 Å². The lowest BCUT2D eigenvalue weighted by atomic mass is 10.1. The molecule has 1 aromatic carbocycles. The number of piperidine rings is 1. The van der Waals surface area contributed by atoms with Crippen molar-refractivity contribution in [1.82, 2.24) is 10.6 Å². The lowest BCUT2D eigenvalue weighted by molar-refractivity contribution is 0.0930. The second-order valence-corrected chi connectivity index (χ2v) is 5.49. The van der Waals surface area contributed by atoms with Crippen molar-refractivity contribution in [3.8, 4) is 0 Å². The molecule has 1 unspecified atom stereocenters. The van der Waals surface area contributed by atoms with Crippen molar-refractivity contribution in [2.24, 2.45) is 0 Å². The Morgan fingerprint density at radius 2 is 2.15 bits per heavy atom. The molecule has 1 saturated heterocycles. The third kappa shape index (κ3) is 3.97. The van der Waals surface area contributed by atoms with Gasteiger partial charge in [0.15, 0.2) is 0 Å². The van der Waals surface area contributed by atoms with Crippen LogP contribution >= 0.6 is 0 Å². The van der Waals surface area contributed by atoms with E-state index in [-0.39, 0.29) is 11.9 Å². The zero-order chi connectivity index (χ0) is 14.4. The maximum Gasteiger partial charge on any atom is 0.251 e. The highest BCUT2D eigenvalue weighted by Gasteiger charge is 2.16. The SMILES string of the molecule is CCCN(C)c1ccc(C(=O)NC2CCCNC2)cc1. The first kappa shape index (κ1) is 14.9. The minimum Gasteiger partial charge on any atom is -0.375 e. The summed E-state index contributed by atoms with van der Waals surface area (Å²) in [7, 11) is 2.08. The Labute approximate surface area is 121 Å². The minimum atomic E-state index is 0.0309. The van der Waals surface area contributed by atoms with E-state index >= 15 is 0 Å². The largest absolute Gasteiger partial charge is 0.375 e. The molecule has 110 valence electrons. The van der Waals surface area contributed by atoms with Gasteiger partial charge in [-0.15, -0.1) is 0 Å². The molecule has 1 atom stereocenters. The van der Waals surface area contributed by atoms with Crippen LogP contribution in [0.4, 0.5) is 5.69 Å². The Morgan fingerprint density at radius 1 is 1.40 bits per heavy atom. The molecule has 2 rings (SSSR count). The van der Waals surface area contributed by atoms with Gasteiger partial charge in [-0.1, -0.05) is 6.92 Å². The summed E-state index contributed by atoms with van der Waals surface area (Å²) in [5, 5.41) is 6.40. The number of carbonyl (C=O) groups is 1. The Balaban J connectivity index is 1.93. The van der Waals surface area contributed by atoms with Gasteiger partial charge in [-0.05, 0) is 50.1 Å². The number of hydrogen-bond acceptors (Lipinski definition) is 3. The van der Waals surface area contributed by atoms with Gasteiger partial charge in [-0.3, -0.25) is 4.79 Å². The van der Waals surface area contributed by atoms with Crippen molar-refractivity contribution >= 4 is 11.6 Å². The van der Waals surface area contributed by atoms with Crippen LogP contribution in [-0.2, 0) is 0 Å². The van der Waals surface area contributed by atoms with Crippen LogP contribution in [0.5, 0.6) is 0 Å². The summed E-state index contributed by atoms with van der Waals surface area (Å²) < 4.78 is 0. The van der Waals surface area contributed by atoms with Crippen molar-refractivity contribution < 1.29 is 4.79 Å². The van der Waals surface area contributed by atoms with E-state index in [4.69, 9.17) is 0 Å². The summed E-state index contributed by atoms with van der Waals surface area (Å²) >= 11 is 0. The molecule has 0 aromatic heterocycles.